The van der Waals surface area contributed by atoms with Gasteiger partial charge in [0.2, 0.25) is 0 Å². The second kappa shape index (κ2) is 5.61. The van der Waals surface area contributed by atoms with Crippen LogP contribution < -0.4 is 5.32 Å². The van der Waals surface area contributed by atoms with E-state index >= 15 is 0 Å². The standard InChI is InChI=1S/C13H16FNO.ClH/c1-15-13(9-3-2-4-12(13)16)10-5-7-11(14)8-6-10;/h5-8,15H,2-4,9H2,1H3;1H/t13-;/m1./s1. The van der Waals surface area contributed by atoms with E-state index in [0.717, 1.165) is 24.8 Å². The van der Waals surface area contributed by atoms with Crippen LogP contribution in [0.2, 0.25) is 0 Å². The number of ketones is 1. The number of hydrogen-bond donors (Lipinski definition) is 1. The largest absolute Gasteiger partial charge is 0.304 e. The molecule has 17 heavy (non-hydrogen) atoms. The smallest absolute Gasteiger partial charge is 0.157 e. The molecule has 1 fully saturated rings. The molecule has 2 rings (SSSR count). The summed E-state index contributed by atoms with van der Waals surface area (Å²) in [5.41, 5.74) is 0.285. The summed E-state index contributed by atoms with van der Waals surface area (Å²) in [6.45, 7) is 0. The lowest BCUT2D eigenvalue weighted by Crippen LogP contribution is -2.49. The number of halogens is 2. The van der Waals surface area contributed by atoms with Crippen LogP contribution in [0.25, 0.3) is 0 Å². The third-order valence-electron chi connectivity index (χ3n) is 3.45. The van der Waals surface area contributed by atoms with Gasteiger partial charge in [-0.05, 0) is 37.6 Å². The Hall–Kier alpha value is -0.930. The van der Waals surface area contributed by atoms with E-state index in [9.17, 15) is 9.18 Å². The lowest BCUT2D eigenvalue weighted by Gasteiger charge is -2.36. The molecule has 1 aromatic carbocycles. The van der Waals surface area contributed by atoms with Crippen LogP contribution in [0.15, 0.2) is 24.3 Å². The van der Waals surface area contributed by atoms with Crippen LogP contribution in [0.4, 0.5) is 4.39 Å². The Balaban J connectivity index is 0.00000144. The Morgan fingerprint density at radius 3 is 2.41 bits per heavy atom. The van der Waals surface area contributed by atoms with E-state index in [1.807, 2.05) is 0 Å². The van der Waals surface area contributed by atoms with Crippen molar-refractivity contribution in [1.29, 1.82) is 0 Å². The minimum atomic E-state index is -0.591. The van der Waals surface area contributed by atoms with Gasteiger partial charge in [-0.15, -0.1) is 12.4 Å². The topological polar surface area (TPSA) is 29.1 Å². The van der Waals surface area contributed by atoms with Crippen LogP contribution in [0.5, 0.6) is 0 Å². The van der Waals surface area contributed by atoms with Crippen molar-refractivity contribution in [2.45, 2.75) is 31.2 Å². The normalized spacial score (nSPS) is 24.2. The molecule has 1 aromatic rings. The third kappa shape index (κ3) is 2.50. The van der Waals surface area contributed by atoms with Crippen molar-refractivity contribution in [1.82, 2.24) is 5.32 Å². The molecule has 0 spiro atoms. The molecule has 0 saturated heterocycles. The lowest BCUT2D eigenvalue weighted by molar-refractivity contribution is -0.127. The molecule has 1 aliphatic rings. The second-order valence-electron chi connectivity index (χ2n) is 4.29. The highest BCUT2D eigenvalue weighted by Crippen LogP contribution is 2.34. The Kier molecular flexibility index (Phi) is 4.66. The first-order valence-corrected chi connectivity index (χ1v) is 5.67. The van der Waals surface area contributed by atoms with Crippen LogP contribution in [0.1, 0.15) is 31.2 Å². The molecule has 0 bridgehead atoms. The first-order chi connectivity index (χ1) is 7.69. The first-order valence-electron chi connectivity index (χ1n) is 5.67. The van der Waals surface area contributed by atoms with Crippen molar-refractivity contribution in [3.05, 3.63) is 35.6 Å². The number of Topliss-reactive ketones (excluding diaryl/α,β-unsaturated/α-hetero) is 1. The van der Waals surface area contributed by atoms with E-state index in [1.54, 1.807) is 19.2 Å². The van der Waals surface area contributed by atoms with E-state index in [0.29, 0.717) is 6.42 Å². The molecule has 1 atom stereocenters. The molecule has 1 aliphatic carbocycles. The monoisotopic (exact) mass is 257 g/mol. The summed E-state index contributed by atoms with van der Waals surface area (Å²) in [6, 6.07) is 6.23. The zero-order valence-corrected chi connectivity index (χ0v) is 10.6. The predicted octanol–water partition coefficient (Wildman–Crippen LogP) is 2.81. The van der Waals surface area contributed by atoms with E-state index in [1.165, 1.54) is 12.1 Å². The minimum absolute atomic E-state index is 0. The summed E-state index contributed by atoms with van der Waals surface area (Å²) in [4.78, 5) is 12.1. The van der Waals surface area contributed by atoms with Gasteiger partial charge in [-0.1, -0.05) is 18.6 Å². The number of rotatable bonds is 2. The number of benzene rings is 1. The van der Waals surface area contributed by atoms with Crippen molar-refractivity contribution in [3.63, 3.8) is 0 Å². The molecule has 1 N–H and O–H groups in total. The molecule has 2 nitrogen and oxygen atoms in total. The zero-order chi connectivity index (χ0) is 11.6. The highest BCUT2D eigenvalue weighted by atomic mass is 35.5. The minimum Gasteiger partial charge on any atom is -0.304 e. The van der Waals surface area contributed by atoms with Gasteiger partial charge in [0.1, 0.15) is 11.4 Å². The summed E-state index contributed by atoms with van der Waals surface area (Å²) >= 11 is 0. The van der Waals surface area contributed by atoms with E-state index in [-0.39, 0.29) is 24.0 Å². The Morgan fingerprint density at radius 2 is 1.88 bits per heavy atom. The fourth-order valence-corrected chi connectivity index (χ4v) is 2.48. The average Bonchev–Trinajstić information content (AvgIpc) is 2.31. The van der Waals surface area contributed by atoms with Crippen molar-refractivity contribution < 1.29 is 9.18 Å². The molecule has 0 aliphatic heterocycles. The maximum atomic E-state index is 12.9. The Bertz CT molecular complexity index is 393. The summed E-state index contributed by atoms with van der Waals surface area (Å²) in [6.07, 6.45) is 3.40. The van der Waals surface area contributed by atoms with Gasteiger partial charge in [-0.25, -0.2) is 4.39 Å². The van der Waals surface area contributed by atoms with Crippen molar-refractivity contribution >= 4 is 18.2 Å². The Labute approximate surface area is 107 Å². The van der Waals surface area contributed by atoms with Gasteiger partial charge in [0.05, 0.1) is 0 Å². The number of carbonyl (C=O) groups excluding carboxylic acids is 1. The summed E-state index contributed by atoms with van der Waals surface area (Å²) in [5.74, 6) is -0.0499. The lowest BCUT2D eigenvalue weighted by atomic mass is 9.75. The molecule has 1 saturated carbocycles. The zero-order valence-electron chi connectivity index (χ0n) is 9.83. The number of likely N-dealkylation sites (N-methyl/N-ethyl adjacent to an activating group) is 1. The van der Waals surface area contributed by atoms with Gasteiger partial charge in [0, 0.05) is 6.42 Å². The Morgan fingerprint density at radius 1 is 1.24 bits per heavy atom. The maximum Gasteiger partial charge on any atom is 0.157 e. The van der Waals surface area contributed by atoms with Crippen LogP contribution in [0.3, 0.4) is 0 Å². The van der Waals surface area contributed by atoms with Crippen molar-refractivity contribution in [2.24, 2.45) is 0 Å². The van der Waals surface area contributed by atoms with Crippen LogP contribution in [-0.4, -0.2) is 12.8 Å². The maximum absolute atomic E-state index is 12.9. The van der Waals surface area contributed by atoms with E-state index in [4.69, 9.17) is 0 Å². The fraction of sp³-hybridized carbons (Fsp3) is 0.462. The van der Waals surface area contributed by atoms with Gasteiger partial charge in [0.25, 0.3) is 0 Å². The second-order valence-corrected chi connectivity index (χ2v) is 4.29. The van der Waals surface area contributed by atoms with E-state index in [2.05, 4.69) is 5.32 Å². The van der Waals surface area contributed by atoms with Gasteiger partial charge in [-0.2, -0.15) is 0 Å². The van der Waals surface area contributed by atoms with Gasteiger partial charge >= 0.3 is 0 Å². The third-order valence-corrected chi connectivity index (χ3v) is 3.45. The molecule has 0 amide bonds. The molecule has 0 heterocycles. The number of nitrogens with one attached hydrogen (secondary N) is 1. The van der Waals surface area contributed by atoms with Gasteiger partial charge in [-0.3, -0.25) is 4.79 Å². The highest BCUT2D eigenvalue weighted by molar-refractivity contribution is 5.90. The summed E-state index contributed by atoms with van der Waals surface area (Å²) in [5, 5.41) is 3.13. The molecule has 4 heteroatoms. The predicted molar refractivity (Wildman–Crippen MR) is 67.9 cm³/mol. The van der Waals surface area contributed by atoms with Crippen LogP contribution in [0, 0.1) is 5.82 Å². The van der Waals surface area contributed by atoms with Crippen molar-refractivity contribution in [2.75, 3.05) is 7.05 Å². The molecular weight excluding hydrogens is 241 g/mol. The highest BCUT2D eigenvalue weighted by Gasteiger charge is 2.39. The number of carbonyl (C=O) groups is 1. The molecule has 0 unspecified atom stereocenters. The van der Waals surface area contributed by atoms with Gasteiger partial charge < -0.3 is 5.32 Å². The quantitative estimate of drug-likeness (QED) is 0.883. The number of hydrogen-bond acceptors (Lipinski definition) is 2. The molecule has 0 aromatic heterocycles. The van der Waals surface area contributed by atoms with E-state index < -0.39 is 5.54 Å². The van der Waals surface area contributed by atoms with Gasteiger partial charge in [0.15, 0.2) is 5.78 Å². The fourth-order valence-electron chi connectivity index (χ4n) is 2.48. The molecular formula is C13H17ClFNO. The average molecular weight is 258 g/mol. The first kappa shape index (κ1) is 14.1. The summed E-state index contributed by atoms with van der Waals surface area (Å²) < 4.78 is 12.9. The van der Waals surface area contributed by atoms with Crippen LogP contribution >= 0.6 is 12.4 Å². The molecule has 94 valence electrons. The van der Waals surface area contributed by atoms with Crippen LogP contribution in [-0.2, 0) is 10.3 Å². The molecule has 0 radical (unpaired) electrons. The summed E-state index contributed by atoms with van der Waals surface area (Å²) in [7, 11) is 1.80. The van der Waals surface area contributed by atoms with Crippen molar-refractivity contribution in [3.8, 4) is 0 Å². The SMILES string of the molecule is CN[C@@]1(c2ccc(F)cc2)CCCCC1=O.Cl.